The fourth-order valence-electron chi connectivity index (χ4n) is 2.55. The first-order chi connectivity index (χ1) is 10.3. The van der Waals surface area contributed by atoms with Crippen LogP contribution in [-0.2, 0) is 21.2 Å². The lowest BCUT2D eigenvalue weighted by atomic mass is 10.1. The molecule has 0 unspecified atom stereocenters. The molecule has 1 aromatic carbocycles. The average Bonchev–Trinajstić information content (AvgIpc) is 2.79. The summed E-state index contributed by atoms with van der Waals surface area (Å²) < 4.78 is 22.9. The maximum absolute atomic E-state index is 12.2. The summed E-state index contributed by atoms with van der Waals surface area (Å²) in [5.74, 6) is 0.121. The van der Waals surface area contributed by atoms with E-state index in [2.05, 4.69) is 29.6 Å². The molecule has 0 spiro atoms. The third kappa shape index (κ3) is 4.55. The Bertz CT molecular complexity index is 625. The molecule has 0 saturated carbocycles. The van der Waals surface area contributed by atoms with Gasteiger partial charge in [0, 0.05) is 12.6 Å². The zero-order valence-electron chi connectivity index (χ0n) is 13.4. The quantitative estimate of drug-likeness (QED) is 0.881. The van der Waals surface area contributed by atoms with Crippen molar-refractivity contribution in [1.29, 1.82) is 0 Å². The van der Waals surface area contributed by atoms with E-state index in [1.165, 1.54) is 5.56 Å². The predicted molar refractivity (Wildman–Crippen MR) is 87.3 cm³/mol. The molecular weight excluding hydrogens is 300 g/mol. The zero-order chi connectivity index (χ0) is 16.3. The number of amides is 1. The number of nitrogens with one attached hydrogen (secondary N) is 1. The molecule has 1 amide bonds. The third-order valence-electron chi connectivity index (χ3n) is 4.17. The van der Waals surface area contributed by atoms with Crippen molar-refractivity contribution in [2.45, 2.75) is 38.9 Å². The van der Waals surface area contributed by atoms with Crippen LogP contribution in [0, 0.1) is 6.92 Å². The number of likely N-dealkylation sites (N-methyl/N-ethyl adjacent to an activating group) is 1. The van der Waals surface area contributed by atoms with E-state index >= 15 is 0 Å². The van der Waals surface area contributed by atoms with Gasteiger partial charge < -0.3 is 5.32 Å². The van der Waals surface area contributed by atoms with Crippen molar-refractivity contribution < 1.29 is 13.2 Å². The van der Waals surface area contributed by atoms with E-state index in [-0.39, 0.29) is 29.5 Å². The summed E-state index contributed by atoms with van der Waals surface area (Å²) >= 11 is 0. The van der Waals surface area contributed by atoms with Gasteiger partial charge in [-0.1, -0.05) is 29.8 Å². The van der Waals surface area contributed by atoms with Gasteiger partial charge in [0.2, 0.25) is 5.91 Å². The van der Waals surface area contributed by atoms with Crippen LogP contribution < -0.4 is 5.32 Å². The number of hydrogen-bond acceptors (Lipinski definition) is 4. The highest BCUT2D eigenvalue weighted by Crippen LogP contribution is 2.13. The first-order valence-corrected chi connectivity index (χ1v) is 9.35. The molecule has 5 nitrogen and oxygen atoms in total. The number of benzene rings is 1. The van der Waals surface area contributed by atoms with Crippen molar-refractivity contribution in [3.05, 3.63) is 35.4 Å². The van der Waals surface area contributed by atoms with Gasteiger partial charge in [0.1, 0.15) is 0 Å². The second-order valence-corrected chi connectivity index (χ2v) is 8.41. The number of hydrogen-bond donors (Lipinski definition) is 1. The van der Waals surface area contributed by atoms with Crippen LogP contribution in [0.25, 0.3) is 0 Å². The molecule has 1 heterocycles. The fraction of sp³-hybridized carbons (Fsp3) is 0.562. The van der Waals surface area contributed by atoms with Crippen molar-refractivity contribution in [2.24, 2.45) is 0 Å². The summed E-state index contributed by atoms with van der Waals surface area (Å²) in [6.07, 6.45) is 0.516. The largest absolute Gasteiger partial charge is 0.351 e. The maximum Gasteiger partial charge on any atom is 0.237 e. The standard InChI is InChI=1S/C16H24N2O3S/c1-12-4-6-14(7-5-12)10-18(3)13(2)16(19)17-15-8-9-22(20,21)11-15/h4-7,13,15H,8-11H2,1-3H3,(H,17,19)/t13-,15+/m0/s1. The van der Waals surface area contributed by atoms with Gasteiger partial charge >= 0.3 is 0 Å². The molecule has 2 rings (SSSR count). The van der Waals surface area contributed by atoms with E-state index in [1.807, 2.05) is 25.8 Å². The molecule has 1 fully saturated rings. The van der Waals surface area contributed by atoms with Crippen molar-refractivity contribution in [3.8, 4) is 0 Å². The summed E-state index contributed by atoms with van der Waals surface area (Å²) in [5.41, 5.74) is 2.36. The van der Waals surface area contributed by atoms with Crippen LogP contribution >= 0.6 is 0 Å². The highest BCUT2D eigenvalue weighted by Gasteiger charge is 2.30. The summed E-state index contributed by atoms with van der Waals surface area (Å²) in [5, 5.41) is 2.85. The highest BCUT2D eigenvalue weighted by atomic mass is 32.2. The lowest BCUT2D eigenvalue weighted by Crippen LogP contribution is -2.47. The SMILES string of the molecule is Cc1ccc(CN(C)[C@@H](C)C(=O)N[C@@H]2CCS(=O)(=O)C2)cc1. The summed E-state index contributed by atoms with van der Waals surface area (Å²) in [6, 6.07) is 7.67. The Morgan fingerprint density at radius 1 is 1.36 bits per heavy atom. The number of nitrogens with zero attached hydrogens (tertiary/aromatic N) is 1. The number of sulfone groups is 1. The Morgan fingerprint density at radius 3 is 2.55 bits per heavy atom. The molecule has 0 aromatic heterocycles. The lowest BCUT2D eigenvalue weighted by molar-refractivity contribution is -0.126. The molecule has 1 aromatic rings. The normalized spacial score (nSPS) is 21.7. The molecule has 122 valence electrons. The van der Waals surface area contributed by atoms with E-state index in [0.29, 0.717) is 13.0 Å². The van der Waals surface area contributed by atoms with Gasteiger partial charge in [-0.2, -0.15) is 0 Å². The molecule has 6 heteroatoms. The summed E-state index contributed by atoms with van der Waals surface area (Å²) in [7, 11) is -1.07. The number of carbonyl (C=O) groups is 1. The first-order valence-electron chi connectivity index (χ1n) is 7.53. The minimum atomic E-state index is -2.97. The van der Waals surface area contributed by atoms with Gasteiger partial charge in [-0.3, -0.25) is 9.69 Å². The average molecular weight is 324 g/mol. The Morgan fingerprint density at radius 2 is 2.00 bits per heavy atom. The minimum absolute atomic E-state index is 0.0626. The number of aryl methyl sites for hydroxylation is 1. The maximum atomic E-state index is 12.2. The van der Waals surface area contributed by atoms with E-state index in [0.717, 1.165) is 5.56 Å². The summed E-state index contributed by atoms with van der Waals surface area (Å²) in [4.78, 5) is 14.2. The van der Waals surface area contributed by atoms with E-state index < -0.39 is 9.84 Å². The first kappa shape index (κ1) is 17.0. The molecule has 1 N–H and O–H groups in total. The van der Waals surface area contributed by atoms with Crippen LogP contribution in [-0.4, -0.2) is 49.9 Å². The molecule has 0 aliphatic carbocycles. The van der Waals surface area contributed by atoms with Gasteiger partial charge in [-0.05, 0) is 32.9 Å². The minimum Gasteiger partial charge on any atom is -0.351 e. The highest BCUT2D eigenvalue weighted by molar-refractivity contribution is 7.91. The smallest absolute Gasteiger partial charge is 0.237 e. The van der Waals surface area contributed by atoms with Gasteiger partial charge in [-0.15, -0.1) is 0 Å². The van der Waals surface area contributed by atoms with Crippen LogP contribution in [0.1, 0.15) is 24.5 Å². The van der Waals surface area contributed by atoms with Crippen LogP contribution in [0.3, 0.4) is 0 Å². The molecule has 0 radical (unpaired) electrons. The Balaban J connectivity index is 1.88. The molecule has 0 bridgehead atoms. The predicted octanol–water partition coefficient (Wildman–Crippen LogP) is 1.12. The summed E-state index contributed by atoms with van der Waals surface area (Å²) in [6.45, 7) is 4.56. The van der Waals surface area contributed by atoms with Crippen LogP contribution in [0.2, 0.25) is 0 Å². The zero-order valence-corrected chi connectivity index (χ0v) is 14.2. The van der Waals surface area contributed by atoms with Crippen molar-refractivity contribution >= 4 is 15.7 Å². The topological polar surface area (TPSA) is 66.5 Å². The molecule has 1 aliphatic heterocycles. The Labute approximate surface area is 132 Å². The Hall–Kier alpha value is -1.40. The molecule has 2 atom stereocenters. The second kappa shape index (κ2) is 6.79. The molecule has 1 aliphatic rings. The van der Waals surface area contributed by atoms with Gasteiger partial charge in [0.25, 0.3) is 0 Å². The van der Waals surface area contributed by atoms with Crippen LogP contribution in [0.5, 0.6) is 0 Å². The molecule has 22 heavy (non-hydrogen) atoms. The Kier molecular flexibility index (Phi) is 5.24. The lowest BCUT2D eigenvalue weighted by Gasteiger charge is -2.25. The fourth-order valence-corrected chi connectivity index (χ4v) is 4.22. The van der Waals surface area contributed by atoms with Gasteiger partial charge in [0.15, 0.2) is 9.84 Å². The molecule has 1 saturated heterocycles. The number of rotatable bonds is 5. The van der Waals surface area contributed by atoms with E-state index in [1.54, 1.807) is 0 Å². The van der Waals surface area contributed by atoms with Crippen molar-refractivity contribution in [2.75, 3.05) is 18.6 Å². The third-order valence-corrected chi connectivity index (χ3v) is 5.94. The van der Waals surface area contributed by atoms with E-state index in [4.69, 9.17) is 0 Å². The molecular formula is C16H24N2O3S. The second-order valence-electron chi connectivity index (χ2n) is 6.19. The van der Waals surface area contributed by atoms with Crippen molar-refractivity contribution in [3.63, 3.8) is 0 Å². The number of carbonyl (C=O) groups excluding carboxylic acids is 1. The van der Waals surface area contributed by atoms with E-state index in [9.17, 15) is 13.2 Å². The monoisotopic (exact) mass is 324 g/mol. The van der Waals surface area contributed by atoms with Gasteiger partial charge in [-0.25, -0.2) is 8.42 Å². The van der Waals surface area contributed by atoms with Crippen molar-refractivity contribution in [1.82, 2.24) is 10.2 Å². The van der Waals surface area contributed by atoms with Gasteiger partial charge in [0.05, 0.1) is 17.5 Å². The van der Waals surface area contributed by atoms with Crippen LogP contribution in [0.4, 0.5) is 0 Å². The van der Waals surface area contributed by atoms with Crippen LogP contribution in [0.15, 0.2) is 24.3 Å².